The van der Waals surface area contributed by atoms with E-state index in [-0.39, 0.29) is 6.42 Å². The van der Waals surface area contributed by atoms with Crippen LogP contribution in [0.5, 0.6) is 0 Å². The second kappa shape index (κ2) is 4.36. The minimum Gasteiger partial charge on any atom is -0.304 e. The first kappa shape index (κ1) is 11.3. The van der Waals surface area contributed by atoms with Gasteiger partial charge in [-0.2, -0.15) is 0 Å². The Labute approximate surface area is 97.0 Å². The molecule has 0 amide bonds. The predicted molar refractivity (Wildman–Crippen MR) is 60.0 cm³/mol. The lowest BCUT2D eigenvalue weighted by Crippen LogP contribution is -2.44. The molecule has 0 bridgehead atoms. The molecule has 0 N–H and O–H groups in total. The maximum absolute atomic E-state index is 11.0. The van der Waals surface area contributed by atoms with Crippen LogP contribution in [0.25, 0.3) is 0 Å². The van der Waals surface area contributed by atoms with Crippen LogP contribution in [0, 0.1) is 20.2 Å². The van der Waals surface area contributed by atoms with E-state index in [1.54, 1.807) is 30.3 Å². The summed E-state index contributed by atoms with van der Waals surface area (Å²) in [4.78, 5) is 22.1. The van der Waals surface area contributed by atoms with Crippen molar-refractivity contribution in [3.63, 3.8) is 0 Å². The molecule has 0 aromatic heterocycles. The van der Waals surface area contributed by atoms with Crippen LogP contribution in [-0.4, -0.2) is 28.6 Å². The standard InChI is InChI=1S/C10H11N3O4/c14-12(15)9-6-7-11(10(9)13(16)17)8-4-2-1-3-5-8/h1-5,9-10H,6-7H2. The second-order valence-electron chi connectivity index (χ2n) is 3.87. The average molecular weight is 237 g/mol. The van der Waals surface area contributed by atoms with Crippen LogP contribution >= 0.6 is 0 Å². The summed E-state index contributed by atoms with van der Waals surface area (Å²) in [6, 6.07) is 7.62. The summed E-state index contributed by atoms with van der Waals surface area (Å²) in [6.07, 6.45) is -1.07. The molecule has 0 spiro atoms. The highest BCUT2D eigenvalue weighted by molar-refractivity contribution is 5.47. The molecule has 1 aromatic rings. The summed E-state index contributed by atoms with van der Waals surface area (Å²) in [6.45, 7) is 0.335. The van der Waals surface area contributed by atoms with E-state index < -0.39 is 22.1 Å². The normalized spacial score (nSPS) is 23.6. The predicted octanol–water partition coefficient (Wildman–Crippen LogP) is 1.14. The molecule has 0 radical (unpaired) electrons. The van der Waals surface area contributed by atoms with E-state index in [2.05, 4.69) is 0 Å². The van der Waals surface area contributed by atoms with E-state index in [0.29, 0.717) is 12.2 Å². The zero-order valence-electron chi connectivity index (χ0n) is 8.93. The smallest absolute Gasteiger partial charge is 0.304 e. The Morgan fingerprint density at radius 2 is 1.76 bits per heavy atom. The van der Waals surface area contributed by atoms with Gasteiger partial charge in [-0.05, 0) is 12.1 Å². The minimum atomic E-state index is -1.27. The fourth-order valence-electron chi connectivity index (χ4n) is 2.13. The maximum atomic E-state index is 11.0. The van der Waals surface area contributed by atoms with Crippen molar-refractivity contribution in [1.29, 1.82) is 0 Å². The molecular weight excluding hydrogens is 226 g/mol. The minimum absolute atomic E-state index is 0.202. The first-order valence-electron chi connectivity index (χ1n) is 5.20. The summed E-state index contributed by atoms with van der Waals surface area (Å²) in [5, 5.41) is 21.7. The molecular formula is C10H11N3O4. The van der Waals surface area contributed by atoms with E-state index in [4.69, 9.17) is 0 Å². The SMILES string of the molecule is O=[N+]([O-])C1CCN(c2ccccc2)C1[N+](=O)[O-]. The molecule has 2 rings (SSSR count). The van der Waals surface area contributed by atoms with Gasteiger partial charge in [0.1, 0.15) is 0 Å². The Morgan fingerprint density at radius 1 is 1.12 bits per heavy atom. The van der Waals surface area contributed by atoms with Crippen molar-refractivity contribution in [1.82, 2.24) is 0 Å². The van der Waals surface area contributed by atoms with E-state index >= 15 is 0 Å². The molecule has 1 saturated heterocycles. The van der Waals surface area contributed by atoms with Crippen molar-refractivity contribution >= 4 is 5.69 Å². The number of para-hydroxylation sites is 1. The molecule has 0 aliphatic carbocycles. The third-order valence-electron chi connectivity index (χ3n) is 2.90. The van der Waals surface area contributed by atoms with Gasteiger partial charge in [0.05, 0.1) is 4.92 Å². The zero-order chi connectivity index (χ0) is 12.4. The van der Waals surface area contributed by atoms with Gasteiger partial charge in [0.25, 0.3) is 0 Å². The summed E-state index contributed by atoms with van der Waals surface area (Å²) in [5.41, 5.74) is 0.651. The highest BCUT2D eigenvalue weighted by Gasteiger charge is 2.51. The number of hydrogen-bond acceptors (Lipinski definition) is 5. The fourth-order valence-corrected chi connectivity index (χ4v) is 2.13. The summed E-state index contributed by atoms with van der Waals surface area (Å²) in [7, 11) is 0. The molecule has 1 fully saturated rings. The van der Waals surface area contributed by atoms with Gasteiger partial charge in [0.15, 0.2) is 0 Å². The van der Waals surface area contributed by atoms with Crippen LogP contribution in [0.15, 0.2) is 30.3 Å². The Kier molecular flexibility index (Phi) is 2.90. The molecule has 1 heterocycles. The van der Waals surface area contributed by atoms with E-state index in [9.17, 15) is 20.2 Å². The van der Waals surface area contributed by atoms with Crippen LogP contribution in [-0.2, 0) is 0 Å². The van der Waals surface area contributed by atoms with E-state index in [1.165, 1.54) is 4.90 Å². The van der Waals surface area contributed by atoms with Gasteiger partial charge in [-0.15, -0.1) is 0 Å². The Balaban J connectivity index is 2.30. The molecule has 1 aromatic carbocycles. The number of nitrogens with zero attached hydrogens (tertiary/aromatic N) is 3. The summed E-state index contributed by atoms with van der Waals surface area (Å²) >= 11 is 0. The average Bonchev–Trinajstić information content (AvgIpc) is 2.74. The topological polar surface area (TPSA) is 89.5 Å². The van der Waals surface area contributed by atoms with Gasteiger partial charge in [-0.25, -0.2) is 0 Å². The molecule has 17 heavy (non-hydrogen) atoms. The van der Waals surface area contributed by atoms with E-state index in [0.717, 1.165) is 0 Å². The van der Waals surface area contributed by atoms with Gasteiger partial charge in [0.2, 0.25) is 0 Å². The number of hydrogen-bond donors (Lipinski definition) is 0. The number of benzene rings is 1. The lowest BCUT2D eigenvalue weighted by atomic mass is 10.2. The van der Waals surface area contributed by atoms with Crippen LogP contribution in [0.1, 0.15) is 6.42 Å². The van der Waals surface area contributed by atoms with E-state index in [1.807, 2.05) is 0 Å². The van der Waals surface area contributed by atoms with Gasteiger partial charge in [0, 0.05) is 23.6 Å². The molecule has 1 aliphatic heterocycles. The second-order valence-corrected chi connectivity index (χ2v) is 3.87. The van der Waals surface area contributed by atoms with Gasteiger partial charge in [-0.3, -0.25) is 20.2 Å². The highest BCUT2D eigenvalue weighted by Crippen LogP contribution is 2.27. The summed E-state index contributed by atoms with van der Waals surface area (Å²) < 4.78 is 0. The third kappa shape index (κ3) is 2.03. The highest BCUT2D eigenvalue weighted by atomic mass is 16.6. The van der Waals surface area contributed by atoms with Gasteiger partial charge in [-0.1, -0.05) is 18.2 Å². The molecule has 2 unspecified atom stereocenters. The molecule has 0 saturated carbocycles. The maximum Gasteiger partial charge on any atom is 0.354 e. The largest absolute Gasteiger partial charge is 0.354 e. The van der Waals surface area contributed by atoms with Crippen molar-refractivity contribution in [3.8, 4) is 0 Å². The number of nitro groups is 2. The molecule has 2 atom stereocenters. The van der Waals surface area contributed by atoms with Gasteiger partial charge >= 0.3 is 12.2 Å². The van der Waals surface area contributed by atoms with Gasteiger partial charge < -0.3 is 4.90 Å². The quantitative estimate of drug-likeness (QED) is 0.581. The lowest BCUT2D eigenvalue weighted by Gasteiger charge is -2.20. The Bertz CT molecular complexity index is 436. The van der Waals surface area contributed by atoms with Crippen LogP contribution < -0.4 is 4.90 Å². The molecule has 7 nitrogen and oxygen atoms in total. The fraction of sp³-hybridized carbons (Fsp3) is 0.400. The Hall–Kier alpha value is -2.18. The monoisotopic (exact) mass is 237 g/mol. The van der Waals surface area contributed by atoms with Crippen molar-refractivity contribution in [2.24, 2.45) is 0 Å². The first-order valence-corrected chi connectivity index (χ1v) is 5.20. The molecule has 1 aliphatic rings. The van der Waals surface area contributed by atoms with Crippen molar-refractivity contribution in [2.45, 2.75) is 18.6 Å². The zero-order valence-corrected chi connectivity index (χ0v) is 8.93. The van der Waals surface area contributed by atoms with Crippen LogP contribution in [0.2, 0.25) is 0 Å². The number of anilines is 1. The molecule has 90 valence electrons. The lowest BCUT2D eigenvalue weighted by molar-refractivity contribution is -0.610. The van der Waals surface area contributed by atoms with Crippen LogP contribution in [0.3, 0.4) is 0 Å². The van der Waals surface area contributed by atoms with Crippen molar-refractivity contribution in [2.75, 3.05) is 11.4 Å². The van der Waals surface area contributed by atoms with Crippen molar-refractivity contribution < 1.29 is 9.85 Å². The van der Waals surface area contributed by atoms with Crippen molar-refractivity contribution in [3.05, 3.63) is 50.6 Å². The van der Waals surface area contributed by atoms with Crippen LogP contribution in [0.4, 0.5) is 5.69 Å². The Morgan fingerprint density at radius 3 is 2.29 bits per heavy atom. The third-order valence-corrected chi connectivity index (χ3v) is 2.90. The first-order chi connectivity index (χ1) is 8.11. The molecule has 7 heteroatoms. The number of rotatable bonds is 3. The summed E-state index contributed by atoms with van der Waals surface area (Å²) in [5.74, 6) is 0.